The van der Waals surface area contributed by atoms with Gasteiger partial charge in [-0.05, 0) is 18.6 Å². The number of carbonyl (C=O) groups is 1. The van der Waals surface area contributed by atoms with E-state index in [1.54, 1.807) is 25.2 Å². The van der Waals surface area contributed by atoms with Crippen molar-refractivity contribution in [3.63, 3.8) is 0 Å². The summed E-state index contributed by atoms with van der Waals surface area (Å²) in [5.41, 5.74) is 0.481. The lowest BCUT2D eigenvalue weighted by atomic mass is 10.2. The Morgan fingerprint density at radius 1 is 1.40 bits per heavy atom. The van der Waals surface area contributed by atoms with E-state index < -0.39 is 0 Å². The SMILES string of the molecule is CNC(=O)CCCNc1ccccc1F. The molecule has 0 spiro atoms. The van der Waals surface area contributed by atoms with E-state index in [-0.39, 0.29) is 11.7 Å². The Labute approximate surface area is 88.7 Å². The lowest BCUT2D eigenvalue weighted by molar-refractivity contribution is -0.120. The minimum Gasteiger partial charge on any atom is -0.383 e. The van der Waals surface area contributed by atoms with Gasteiger partial charge in [0.05, 0.1) is 5.69 Å². The van der Waals surface area contributed by atoms with Gasteiger partial charge in [0.2, 0.25) is 5.91 Å². The summed E-state index contributed by atoms with van der Waals surface area (Å²) in [6.07, 6.45) is 1.14. The van der Waals surface area contributed by atoms with Crippen LogP contribution in [0, 0.1) is 5.82 Å². The standard InChI is InChI=1S/C11H15FN2O/c1-13-11(15)7-4-8-14-10-6-3-2-5-9(10)12/h2-3,5-6,14H,4,7-8H2,1H3,(H,13,15). The van der Waals surface area contributed by atoms with Gasteiger partial charge in [-0.3, -0.25) is 4.79 Å². The number of carbonyl (C=O) groups excluding carboxylic acids is 1. The Kier molecular flexibility index (Phi) is 4.60. The van der Waals surface area contributed by atoms with Gasteiger partial charge < -0.3 is 10.6 Å². The second-order valence-corrected chi connectivity index (χ2v) is 3.18. The molecule has 0 radical (unpaired) electrons. The van der Waals surface area contributed by atoms with Gasteiger partial charge in [0.15, 0.2) is 0 Å². The van der Waals surface area contributed by atoms with Crippen molar-refractivity contribution in [1.29, 1.82) is 0 Å². The van der Waals surface area contributed by atoms with E-state index >= 15 is 0 Å². The number of anilines is 1. The van der Waals surface area contributed by atoms with Gasteiger partial charge >= 0.3 is 0 Å². The predicted octanol–water partition coefficient (Wildman–Crippen LogP) is 1.76. The van der Waals surface area contributed by atoms with Crippen LogP contribution in [-0.4, -0.2) is 19.5 Å². The molecular formula is C11H15FN2O. The molecule has 1 aromatic rings. The molecule has 0 aromatic heterocycles. The fraction of sp³-hybridized carbons (Fsp3) is 0.364. The first-order chi connectivity index (χ1) is 7.24. The zero-order valence-corrected chi connectivity index (χ0v) is 8.72. The fourth-order valence-corrected chi connectivity index (χ4v) is 1.20. The third kappa shape index (κ3) is 3.97. The quantitative estimate of drug-likeness (QED) is 0.727. The molecule has 1 amide bonds. The summed E-state index contributed by atoms with van der Waals surface area (Å²) in [6.45, 7) is 0.592. The second kappa shape index (κ2) is 6.01. The smallest absolute Gasteiger partial charge is 0.219 e. The van der Waals surface area contributed by atoms with Crippen LogP contribution in [0.2, 0.25) is 0 Å². The first-order valence-corrected chi connectivity index (χ1v) is 4.93. The second-order valence-electron chi connectivity index (χ2n) is 3.18. The maximum Gasteiger partial charge on any atom is 0.219 e. The summed E-state index contributed by atoms with van der Waals surface area (Å²) in [5, 5.41) is 5.47. The van der Waals surface area contributed by atoms with Gasteiger partial charge in [-0.25, -0.2) is 4.39 Å². The van der Waals surface area contributed by atoms with Crippen molar-refractivity contribution < 1.29 is 9.18 Å². The lowest BCUT2D eigenvalue weighted by Gasteiger charge is -2.06. The number of hydrogen-bond donors (Lipinski definition) is 2. The Bertz CT molecular complexity index is 328. The van der Waals surface area contributed by atoms with Gasteiger partial charge in [0, 0.05) is 20.0 Å². The average Bonchev–Trinajstić information content (AvgIpc) is 2.26. The molecule has 2 N–H and O–H groups in total. The largest absolute Gasteiger partial charge is 0.383 e. The van der Waals surface area contributed by atoms with E-state index in [0.29, 0.717) is 25.1 Å². The number of rotatable bonds is 5. The Morgan fingerprint density at radius 2 is 2.13 bits per heavy atom. The number of hydrogen-bond acceptors (Lipinski definition) is 2. The van der Waals surface area contributed by atoms with E-state index in [1.807, 2.05) is 0 Å². The molecule has 0 bridgehead atoms. The van der Waals surface area contributed by atoms with Crippen molar-refractivity contribution in [3.8, 4) is 0 Å². The van der Waals surface area contributed by atoms with E-state index in [9.17, 15) is 9.18 Å². The minimum atomic E-state index is -0.266. The lowest BCUT2D eigenvalue weighted by Crippen LogP contribution is -2.18. The number of para-hydroxylation sites is 1. The number of benzene rings is 1. The molecule has 0 unspecified atom stereocenters. The van der Waals surface area contributed by atoms with E-state index in [1.165, 1.54) is 6.07 Å². The molecule has 82 valence electrons. The van der Waals surface area contributed by atoms with E-state index in [4.69, 9.17) is 0 Å². The van der Waals surface area contributed by atoms with Crippen LogP contribution in [-0.2, 0) is 4.79 Å². The molecule has 0 saturated carbocycles. The molecule has 3 nitrogen and oxygen atoms in total. The first-order valence-electron chi connectivity index (χ1n) is 4.93. The van der Waals surface area contributed by atoms with E-state index in [2.05, 4.69) is 10.6 Å². The van der Waals surface area contributed by atoms with Crippen molar-refractivity contribution in [1.82, 2.24) is 5.32 Å². The molecule has 0 heterocycles. The molecular weight excluding hydrogens is 195 g/mol. The Hall–Kier alpha value is -1.58. The van der Waals surface area contributed by atoms with Crippen LogP contribution in [0.5, 0.6) is 0 Å². The summed E-state index contributed by atoms with van der Waals surface area (Å²) in [5.74, 6) is -0.261. The molecule has 1 rings (SSSR count). The summed E-state index contributed by atoms with van der Waals surface area (Å²) < 4.78 is 13.1. The highest BCUT2D eigenvalue weighted by Gasteiger charge is 2.00. The van der Waals surface area contributed by atoms with Gasteiger partial charge in [-0.1, -0.05) is 12.1 Å². The van der Waals surface area contributed by atoms with Crippen LogP contribution >= 0.6 is 0 Å². The Balaban J connectivity index is 2.26. The third-order valence-corrected chi connectivity index (χ3v) is 2.05. The average molecular weight is 210 g/mol. The summed E-state index contributed by atoms with van der Waals surface area (Å²) >= 11 is 0. The summed E-state index contributed by atoms with van der Waals surface area (Å²) in [6, 6.07) is 6.49. The van der Waals surface area contributed by atoms with Crippen LogP contribution in [0.1, 0.15) is 12.8 Å². The number of nitrogens with one attached hydrogen (secondary N) is 2. The molecule has 15 heavy (non-hydrogen) atoms. The third-order valence-electron chi connectivity index (χ3n) is 2.05. The number of halogens is 1. The van der Waals surface area contributed by atoms with Gasteiger partial charge in [-0.2, -0.15) is 0 Å². The molecule has 0 atom stereocenters. The number of amides is 1. The van der Waals surface area contributed by atoms with Gasteiger partial charge in [-0.15, -0.1) is 0 Å². The monoisotopic (exact) mass is 210 g/mol. The van der Waals surface area contributed by atoms with Crippen LogP contribution in [0.3, 0.4) is 0 Å². The zero-order chi connectivity index (χ0) is 11.1. The summed E-state index contributed by atoms with van der Waals surface area (Å²) in [7, 11) is 1.60. The molecule has 1 aromatic carbocycles. The minimum absolute atomic E-state index is 0.00494. The van der Waals surface area contributed by atoms with Crippen LogP contribution in [0.25, 0.3) is 0 Å². The van der Waals surface area contributed by atoms with Gasteiger partial charge in [0.25, 0.3) is 0 Å². The predicted molar refractivity (Wildman–Crippen MR) is 58.2 cm³/mol. The molecule has 4 heteroatoms. The maximum atomic E-state index is 13.1. The van der Waals surface area contributed by atoms with Crippen molar-refractivity contribution in [2.45, 2.75) is 12.8 Å². The van der Waals surface area contributed by atoms with Crippen molar-refractivity contribution in [2.24, 2.45) is 0 Å². The van der Waals surface area contributed by atoms with Gasteiger partial charge in [0.1, 0.15) is 5.82 Å². The Morgan fingerprint density at radius 3 is 2.80 bits per heavy atom. The fourth-order valence-electron chi connectivity index (χ4n) is 1.20. The zero-order valence-electron chi connectivity index (χ0n) is 8.72. The molecule has 0 saturated heterocycles. The van der Waals surface area contributed by atoms with Crippen LogP contribution in [0.4, 0.5) is 10.1 Å². The summed E-state index contributed by atoms with van der Waals surface area (Å²) in [4.78, 5) is 10.9. The molecule has 0 aliphatic heterocycles. The highest BCUT2D eigenvalue weighted by atomic mass is 19.1. The van der Waals surface area contributed by atoms with Crippen molar-refractivity contribution in [3.05, 3.63) is 30.1 Å². The maximum absolute atomic E-state index is 13.1. The molecule has 0 fully saturated rings. The van der Waals surface area contributed by atoms with E-state index in [0.717, 1.165) is 0 Å². The van der Waals surface area contributed by atoms with Crippen LogP contribution in [0.15, 0.2) is 24.3 Å². The normalized spacial score (nSPS) is 9.73. The van der Waals surface area contributed by atoms with Crippen LogP contribution < -0.4 is 10.6 Å². The highest BCUT2D eigenvalue weighted by molar-refractivity contribution is 5.75. The van der Waals surface area contributed by atoms with Crippen molar-refractivity contribution >= 4 is 11.6 Å². The molecule has 0 aliphatic carbocycles. The first kappa shape index (κ1) is 11.5. The highest BCUT2D eigenvalue weighted by Crippen LogP contribution is 2.11. The molecule has 0 aliphatic rings. The topological polar surface area (TPSA) is 41.1 Å². The van der Waals surface area contributed by atoms with Crippen molar-refractivity contribution in [2.75, 3.05) is 18.9 Å².